The first-order valence-corrected chi connectivity index (χ1v) is 12.5. The molecule has 0 bridgehead atoms. The van der Waals surface area contributed by atoms with Gasteiger partial charge >= 0.3 is 0 Å². The number of hydrogen-bond donors (Lipinski definition) is 1. The highest BCUT2D eigenvalue weighted by atomic mass is 32.2. The van der Waals surface area contributed by atoms with E-state index in [9.17, 15) is 18.0 Å². The number of sulfonamides is 1. The molecule has 178 valence electrons. The van der Waals surface area contributed by atoms with Gasteiger partial charge < -0.3 is 19.7 Å². The highest BCUT2D eigenvalue weighted by molar-refractivity contribution is 7.92. The second kappa shape index (κ2) is 10.6. The van der Waals surface area contributed by atoms with Crippen LogP contribution < -0.4 is 19.1 Å². The van der Waals surface area contributed by atoms with Crippen molar-refractivity contribution >= 4 is 27.5 Å². The standard InChI is InChI=1S/C23H29N3O6S/c1-4-24-23(28)17(2)25(13-12-18-8-6-5-7-9-18)22(27)15-26(33(3,29)30)19-10-11-20-21(14-19)32-16-31-20/h5-11,14,17H,4,12-13,15-16H2,1-3H3,(H,24,28)/t17-/m1/s1. The average Bonchev–Trinajstić information content (AvgIpc) is 3.25. The SMILES string of the molecule is CCNC(=O)[C@@H](C)N(CCc1ccccc1)C(=O)CN(c1ccc2c(c1)OCO2)S(C)(=O)=O. The van der Waals surface area contributed by atoms with E-state index in [0.717, 1.165) is 16.1 Å². The van der Waals surface area contributed by atoms with Gasteiger partial charge in [-0.2, -0.15) is 0 Å². The summed E-state index contributed by atoms with van der Waals surface area (Å²) in [7, 11) is -3.80. The fourth-order valence-electron chi connectivity index (χ4n) is 3.55. The molecule has 1 aliphatic heterocycles. The molecule has 1 N–H and O–H groups in total. The zero-order chi connectivity index (χ0) is 24.0. The molecular weight excluding hydrogens is 446 g/mol. The van der Waals surface area contributed by atoms with Gasteiger partial charge in [-0.05, 0) is 38.0 Å². The van der Waals surface area contributed by atoms with Gasteiger partial charge in [0.2, 0.25) is 28.6 Å². The number of fused-ring (bicyclic) bond motifs is 1. The number of likely N-dealkylation sites (N-methyl/N-ethyl adjacent to an activating group) is 1. The van der Waals surface area contributed by atoms with E-state index in [1.807, 2.05) is 30.3 Å². The zero-order valence-electron chi connectivity index (χ0n) is 19.0. The van der Waals surface area contributed by atoms with Gasteiger partial charge in [0.1, 0.15) is 12.6 Å². The van der Waals surface area contributed by atoms with Crippen molar-refractivity contribution < 1.29 is 27.5 Å². The van der Waals surface area contributed by atoms with Crippen LogP contribution in [0, 0.1) is 0 Å². The van der Waals surface area contributed by atoms with Crippen LogP contribution in [0.2, 0.25) is 0 Å². The third-order valence-corrected chi connectivity index (χ3v) is 6.47. The van der Waals surface area contributed by atoms with Crippen molar-refractivity contribution in [2.24, 2.45) is 0 Å². The van der Waals surface area contributed by atoms with Crippen LogP contribution in [-0.4, -0.2) is 63.9 Å². The van der Waals surface area contributed by atoms with Crippen LogP contribution in [0.25, 0.3) is 0 Å². The molecule has 9 nitrogen and oxygen atoms in total. The Morgan fingerprint density at radius 1 is 1.09 bits per heavy atom. The summed E-state index contributed by atoms with van der Waals surface area (Å²) in [5, 5.41) is 2.73. The molecule has 2 amide bonds. The second-order valence-corrected chi connectivity index (χ2v) is 9.61. The van der Waals surface area contributed by atoms with E-state index in [-0.39, 0.29) is 24.9 Å². The van der Waals surface area contributed by atoms with Crippen molar-refractivity contribution in [2.75, 3.05) is 37.0 Å². The number of amides is 2. The largest absolute Gasteiger partial charge is 0.454 e. The molecule has 0 saturated heterocycles. The Hall–Kier alpha value is -3.27. The van der Waals surface area contributed by atoms with Gasteiger partial charge in [0.25, 0.3) is 0 Å². The number of benzene rings is 2. The molecule has 0 radical (unpaired) electrons. The van der Waals surface area contributed by atoms with E-state index < -0.39 is 28.5 Å². The Morgan fingerprint density at radius 3 is 2.45 bits per heavy atom. The van der Waals surface area contributed by atoms with E-state index in [4.69, 9.17) is 9.47 Å². The van der Waals surface area contributed by atoms with Crippen LogP contribution in [0.1, 0.15) is 19.4 Å². The molecular formula is C23H29N3O6S. The number of hydrogen-bond acceptors (Lipinski definition) is 6. The maximum Gasteiger partial charge on any atom is 0.244 e. The van der Waals surface area contributed by atoms with Crippen LogP contribution in [0.15, 0.2) is 48.5 Å². The minimum Gasteiger partial charge on any atom is -0.454 e. The molecule has 2 aromatic carbocycles. The minimum atomic E-state index is -3.80. The Bertz CT molecular complexity index is 1090. The molecule has 0 spiro atoms. The molecule has 1 aliphatic rings. The van der Waals surface area contributed by atoms with E-state index in [1.54, 1.807) is 26.0 Å². The Balaban J connectivity index is 1.84. The van der Waals surface area contributed by atoms with E-state index >= 15 is 0 Å². The van der Waals surface area contributed by atoms with Crippen molar-refractivity contribution in [3.63, 3.8) is 0 Å². The fraction of sp³-hybridized carbons (Fsp3) is 0.391. The molecule has 0 unspecified atom stereocenters. The van der Waals surface area contributed by atoms with Crippen LogP contribution in [0.5, 0.6) is 11.5 Å². The molecule has 0 fully saturated rings. The number of anilines is 1. The lowest BCUT2D eigenvalue weighted by atomic mass is 10.1. The highest BCUT2D eigenvalue weighted by Crippen LogP contribution is 2.36. The summed E-state index contributed by atoms with van der Waals surface area (Å²) in [5.74, 6) is 0.138. The van der Waals surface area contributed by atoms with Crippen LogP contribution in [0.3, 0.4) is 0 Å². The summed E-state index contributed by atoms with van der Waals surface area (Å²) in [6.45, 7) is 3.73. The third kappa shape index (κ3) is 6.16. The van der Waals surface area contributed by atoms with Crippen LogP contribution in [0.4, 0.5) is 5.69 Å². The highest BCUT2D eigenvalue weighted by Gasteiger charge is 2.30. The number of ether oxygens (including phenoxy) is 2. The Morgan fingerprint density at radius 2 is 1.79 bits per heavy atom. The summed E-state index contributed by atoms with van der Waals surface area (Å²) in [6.07, 6.45) is 1.56. The normalized spacial score (nSPS) is 13.3. The van der Waals surface area contributed by atoms with Crippen molar-refractivity contribution in [3.8, 4) is 11.5 Å². The lowest BCUT2D eigenvalue weighted by Crippen LogP contribution is -2.52. The molecule has 0 aromatic heterocycles. The van der Waals surface area contributed by atoms with Crippen molar-refractivity contribution in [1.29, 1.82) is 0 Å². The Labute approximate surface area is 194 Å². The number of rotatable bonds is 10. The number of carbonyl (C=O) groups excluding carboxylic acids is 2. The second-order valence-electron chi connectivity index (χ2n) is 7.70. The van der Waals surface area contributed by atoms with E-state index in [1.165, 1.54) is 11.0 Å². The first kappa shape index (κ1) is 24.4. The fourth-order valence-corrected chi connectivity index (χ4v) is 4.39. The third-order valence-electron chi connectivity index (χ3n) is 5.33. The van der Waals surface area contributed by atoms with Gasteiger partial charge in [0.15, 0.2) is 11.5 Å². The van der Waals surface area contributed by atoms with Crippen molar-refractivity contribution in [3.05, 3.63) is 54.1 Å². The van der Waals surface area contributed by atoms with Gasteiger partial charge in [-0.15, -0.1) is 0 Å². The predicted octanol–water partition coefficient (Wildman–Crippen LogP) is 1.78. The van der Waals surface area contributed by atoms with Crippen molar-refractivity contribution in [2.45, 2.75) is 26.3 Å². The zero-order valence-corrected chi connectivity index (χ0v) is 19.8. The van der Waals surface area contributed by atoms with E-state index in [2.05, 4.69) is 5.32 Å². The van der Waals surface area contributed by atoms with Crippen LogP contribution in [-0.2, 0) is 26.0 Å². The monoisotopic (exact) mass is 475 g/mol. The lowest BCUT2D eigenvalue weighted by Gasteiger charge is -2.31. The molecule has 33 heavy (non-hydrogen) atoms. The first-order chi connectivity index (χ1) is 15.7. The molecule has 2 aromatic rings. The summed E-state index contributed by atoms with van der Waals surface area (Å²) in [5.41, 5.74) is 1.29. The molecule has 0 aliphatic carbocycles. The Kier molecular flexibility index (Phi) is 7.80. The molecule has 1 heterocycles. The first-order valence-electron chi connectivity index (χ1n) is 10.7. The molecule has 10 heteroatoms. The summed E-state index contributed by atoms with van der Waals surface area (Å²) < 4.78 is 36.8. The maximum atomic E-state index is 13.4. The minimum absolute atomic E-state index is 0.0495. The lowest BCUT2D eigenvalue weighted by molar-refractivity contribution is -0.138. The van der Waals surface area contributed by atoms with Gasteiger partial charge in [-0.1, -0.05) is 30.3 Å². The number of nitrogens with zero attached hydrogens (tertiary/aromatic N) is 2. The molecule has 0 saturated carbocycles. The maximum absolute atomic E-state index is 13.4. The van der Waals surface area contributed by atoms with Gasteiger partial charge in [0.05, 0.1) is 11.9 Å². The van der Waals surface area contributed by atoms with E-state index in [0.29, 0.717) is 24.5 Å². The smallest absolute Gasteiger partial charge is 0.244 e. The topological polar surface area (TPSA) is 105 Å². The summed E-state index contributed by atoms with van der Waals surface area (Å²) >= 11 is 0. The predicted molar refractivity (Wildman–Crippen MR) is 125 cm³/mol. The van der Waals surface area contributed by atoms with Crippen LogP contribution >= 0.6 is 0 Å². The quantitative estimate of drug-likeness (QED) is 0.562. The summed E-state index contributed by atoms with van der Waals surface area (Å²) in [6, 6.07) is 13.5. The number of carbonyl (C=O) groups is 2. The van der Waals surface area contributed by atoms with Crippen molar-refractivity contribution in [1.82, 2.24) is 10.2 Å². The molecule has 3 rings (SSSR count). The molecule has 1 atom stereocenters. The van der Waals surface area contributed by atoms with Gasteiger partial charge in [-0.25, -0.2) is 8.42 Å². The average molecular weight is 476 g/mol. The number of nitrogens with one attached hydrogen (secondary N) is 1. The van der Waals surface area contributed by atoms with Gasteiger partial charge in [0, 0.05) is 19.2 Å². The van der Waals surface area contributed by atoms with Gasteiger partial charge in [-0.3, -0.25) is 13.9 Å². The summed E-state index contributed by atoms with van der Waals surface area (Å²) in [4.78, 5) is 27.3.